The Morgan fingerprint density at radius 2 is 2.10 bits per heavy atom. The molecule has 3 aromatic rings. The molecule has 1 atom stereocenters. The van der Waals surface area contributed by atoms with E-state index in [0.717, 1.165) is 24.1 Å². The molecule has 100 valence electrons. The van der Waals surface area contributed by atoms with Gasteiger partial charge in [0, 0.05) is 10.6 Å². The fourth-order valence-electron chi connectivity index (χ4n) is 2.80. The van der Waals surface area contributed by atoms with E-state index in [1.54, 1.807) is 0 Å². The summed E-state index contributed by atoms with van der Waals surface area (Å²) in [4.78, 5) is 4.43. The van der Waals surface area contributed by atoms with E-state index in [1.165, 1.54) is 11.1 Å². The molecule has 4 rings (SSSR count). The number of hydrogen-bond acceptors (Lipinski definition) is 2. The molecule has 0 amide bonds. The summed E-state index contributed by atoms with van der Waals surface area (Å²) in [5.74, 6) is 0. The third-order valence-electron chi connectivity index (χ3n) is 3.76. The zero-order valence-electron chi connectivity index (χ0n) is 10.8. The summed E-state index contributed by atoms with van der Waals surface area (Å²) in [6.07, 6.45) is 2.69. The van der Waals surface area contributed by atoms with Gasteiger partial charge in [-0.25, -0.2) is 4.98 Å². The van der Waals surface area contributed by atoms with Gasteiger partial charge in [0.15, 0.2) is 6.23 Å². The maximum atomic E-state index is 6.01. The molecule has 1 aliphatic rings. The van der Waals surface area contributed by atoms with Crippen LogP contribution in [-0.4, -0.2) is 16.2 Å². The lowest BCUT2D eigenvalue weighted by atomic mass is 10.0. The summed E-state index contributed by atoms with van der Waals surface area (Å²) in [6.45, 7) is 0.731. The van der Waals surface area contributed by atoms with Crippen LogP contribution in [0.3, 0.4) is 0 Å². The van der Waals surface area contributed by atoms with E-state index in [4.69, 9.17) is 16.3 Å². The minimum atomic E-state index is -0.105. The Bertz CT molecular complexity index is 781. The van der Waals surface area contributed by atoms with E-state index in [-0.39, 0.29) is 6.23 Å². The van der Waals surface area contributed by atoms with Crippen LogP contribution in [0.25, 0.3) is 11.0 Å². The number of halogens is 1. The van der Waals surface area contributed by atoms with Gasteiger partial charge in [-0.2, -0.15) is 0 Å². The van der Waals surface area contributed by atoms with Crippen LogP contribution in [0.5, 0.6) is 0 Å². The molecule has 2 heterocycles. The standard InChI is InChI=1S/C16H13ClN2O/c17-12-5-6-15-14(9-12)18-10-19(15)16-13-4-2-1-3-11(13)7-8-20-16/h1-6,9-10,16H,7-8H2. The van der Waals surface area contributed by atoms with E-state index < -0.39 is 0 Å². The molecule has 4 heteroatoms. The third-order valence-corrected chi connectivity index (χ3v) is 3.99. The molecule has 0 spiro atoms. The maximum Gasteiger partial charge on any atom is 0.161 e. The highest BCUT2D eigenvalue weighted by atomic mass is 35.5. The first-order valence-corrected chi connectivity index (χ1v) is 7.02. The van der Waals surface area contributed by atoms with Crippen LogP contribution in [0.4, 0.5) is 0 Å². The summed E-state index contributed by atoms with van der Waals surface area (Å²) in [7, 11) is 0. The van der Waals surface area contributed by atoms with Gasteiger partial charge in [0.1, 0.15) is 0 Å². The number of hydrogen-bond donors (Lipinski definition) is 0. The van der Waals surface area contributed by atoms with Gasteiger partial charge in [-0.3, -0.25) is 4.57 Å². The van der Waals surface area contributed by atoms with Crippen molar-refractivity contribution in [3.63, 3.8) is 0 Å². The van der Waals surface area contributed by atoms with Gasteiger partial charge in [-0.05, 0) is 30.2 Å². The molecule has 1 unspecified atom stereocenters. The second-order valence-corrected chi connectivity index (χ2v) is 5.39. The van der Waals surface area contributed by atoms with Crippen molar-refractivity contribution in [1.82, 2.24) is 9.55 Å². The minimum Gasteiger partial charge on any atom is -0.353 e. The molecule has 0 fully saturated rings. The Morgan fingerprint density at radius 3 is 3.05 bits per heavy atom. The normalized spacial score (nSPS) is 18.1. The molecule has 0 saturated carbocycles. The summed E-state index contributed by atoms with van der Waals surface area (Å²) in [5.41, 5.74) is 4.49. The lowest BCUT2D eigenvalue weighted by Crippen LogP contribution is -2.21. The first-order valence-electron chi connectivity index (χ1n) is 6.64. The van der Waals surface area contributed by atoms with Gasteiger partial charge in [-0.15, -0.1) is 0 Å². The van der Waals surface area contributed by atoms with Gasteiger partial charge >= 0.3 is 0 Å². The van der Waals surface area contributed by atoms with Crippen molar-refractivity contribution in [3.8, 4) is 0 Å². The van der Waals surface area contributed by atoms with E-state index in [9.17, 15) is 0 Å². The molecule has 2 aromatic carbocycles. The van der Waals surface area contributed by atoms with E-state index in [2.05, 4.69) is 33.8 Å². The van der Waals surface area contributed by atoms with E-state index >= 15 is 0 Å². The summed E-state index contributed by atoms with van der Waals surface area (Å²) >= 11 is 6.01. The van der Waals surface area contributed by atoms with Crippen molar-refractivity contribution in [2.24, 2.45) is 0 Å². The molecule has 3 nitrogen and oxygen atoms in total. The Labute approximate surface area is 121 Å². The number of fused-ring (bicyclic) bond motifs is 2. The maximum absolute atomic E-state index is 6.01. The topological polar surface area (TPSA) is 27.1 Å². The average molecular weight is 285 g/mol. The first-order chi connectivity index (χ1) is 9.83. The second-order valence-electron chi connectivity index (χ2n) is 4.96. The Morgan fingerprint density at radius 1 is 1.20 bits per heavy atom. The average Bonchev–Trinajstić information content (AvgIpc) is 2.89. The van der Waals surface area contributed by atoms with Crippen LogP contribution in [0.2, 0.25) is 5.02 Å². The van der Waals surface area contributed by atoms with Gasteiger partial charge < -0.3 is 4.74 Å². The van der Waals surface area contributed by atoms with Crippen molar-refractivity contribution in [2.75, 3.05) is 6.61 Å². The van der Waals surface area contributed by atoms with Crippen LogP contribution >= 0.6 is 11.6 Å². The highest BCUT2D eigenvalue weighted by molar-refractivity contribution is 6.31. The lowest BCUT2D eigenvalue weighted by molar-refractivity contribution is 0.0247. The van der Waals surface area contributed by atoms with Crippen molar-refractivity contribution in [3.05, 3.63) is 64.9 Å². The molecule has 20 heavy (non-hydrogen) atoms. The Kier molecular flexibility index (Phi) is 2.76. The van der Waals surface area contributed by atoms with Crippen LogP contribution in [0, 0.1) is 0 Å². The fraction of sp³-hybridized carbons (Fsp3) is 0.188. The molecule has 0 saturated heterocycles. The third kappa shape index (κ3) is 1.82. The van der Waals surface area contributed by atoms with Crippen molar-refractivity contribution >= 4 is 22.6 Å². The van der Waals surface area contributed by atoms with Gasteiger partial charge in [0.2, 0.25) is 0 Å². The van der Waals surface area contributed by atoms with Gasteiger partial charge in [0.25, 0.3) is 0 Å². The van der Waals surface area contributed by atoms with Crippen LogP contribution in [0.15, 0.2) is 48.8 Å². The molecule has 1 aliphatic heterocycles. The lowest BCUT2D eigenvalue weighted by Gasteiger charge is -2.27. The van der Waals surface area contributed by atoms with Crippen molar-refractivity contribution < 1.29 is 4.74 Å². The summed E-state index contributed by atoms with van der Waals surface area (Å²) < 4.78 is 8.05. The largest absolute Gasteiger partial charge is 0.353 e. The SMILES string of the molecule is Clc1ccc2c(c1)ncn2C1OCCc2ccccc21. The second kappa shape index (κ2) is 4.62. The number of nitrogens with zero attached hydrogens (tertiary/aromatic N) is 2. The summed E-state index contributed by atoms with van der Waals surface area (Å²) in [6, 6.07) is 14.2. The van der Waals surface area contributed by atoms with E-state index in [1.807, 2.05) is 24.5 Å². The highest BCUT2D eigenvalue weighted by Gasteiger charge is 2.23. The van der Waals surface area contributed by atoms with Crippen molar-refractivity contribution in [2.45, 2.75) is 12.6 Å². The minimum absolute atomic E-state index is 0.105. The number of ether oxygens (including phenoxy) is 1. The van der Waals surface area contributed by atoms with Crippen LogP contribution < -0.4 is 0 Å². The zero-order chi connectivity index (χ0) is 13.5. The number of benzene rings is 2. The molecule has 0 N–H and O–H groups in total. The van der Waals surface area contributed by atoms with Crippen LogP contribution in [0.1, 0.15) is 17.4 Å². The molecule has 0 radical (unpaired) electrons. The zero-order valence-corrected chi connectivity index (χ0v) is 11.5. The molecule has 0 aliphatic carbocycles. The predicted octanol–water partition coefficient (Wildman–Crippen LogP) is 3.81. The molecule has 1 aromatic heterocycles. The van der Waals surface area contributed by atoms with Gasteiger partial charge in [-0.1, -0.05) is 35.9 Å². The quantitative estimate of drug-likeness (QED) is 0.679. The monoisotopic (exact) mass is 284 g/mol. The Hall–Kier alpha value is -1.84. The molecular weight excluding hydrogens is 272 g/mol. The highest BCUT2D eigenvalue weighted by Crippen LogP contribution is 2.31. The molecule has 0 bridgehead atoms. The number of rotatable bonds is 1. The van der Waals surface area contributed by atoms with E-state index in [0.29, 0.717) is 5.02 Å². The van der Waals surface area contributed by atoms with Crippen LogP contribution in [-0.2, 0) is 11.2 Å². The Balaban J connectivity index is 1.88. The predicted molar refractivity (Wildman–Crippen MR) is 79.0 cm³/mol. The smallest absolute Gasteiger partial charge is 0.161 e. The fourth-order valence-corrected chi connectivity index (χ4v) is 2.96. The van der Waals surface area contributed by atoms with Crippen molar-refractivity contribution in [1.29, 1.82) is 0 Å². The molecular formula is C16H13ClN2O. The number of imidazole rings is 1. The summed E-state index contributed by atoms with van der Waals surface area (Å²) in [5, 5.41) is 0.702. The van der Waals surface area contributed by atoms with Gasteiger partial charge in [0.05, 0.1) is 24.0 Å². The number of aromatic nitrogens is 2. The first kappa shape index (κ1) is 11.9.